The van der Waals surface area contributed by atoms with Gasteiger partial charge in [0.2, 0.25) is 11.8 Å². The van der Waals surface area contributed by atoms with E-state index in [2.05, 4.69) is 5.32 Å². The molecule has 1 atom stereocenters. The molecule has 1 saturated heterocycles. The predicted octanol–water partition coefficient (Wildman–Crippen LogP) is -1.27. The lowest BCUT2D eigenvalue weighted by molar-refractivity contribution is -0.135. The second-order valence-electron chi connectivity index (χ2n) is 3.70. The summed E-state index contributed by atoms with van der Waals surface area (Å²) in [6.45, 7) is 1.04. The van der Waals surface area contributed by atoms with E-state index >= 15 is 0 Å². The Morgan fingerprint density at radius 1 is 1.62 bits per heavy atom. The van der Waals surface area contributed by atoms with Crippen LogP contribution in [0.5, 0.6) is 0 Å². The SMILES string of the molecule is COCCN(CCO)C(=O)C1CCC(=O)N1. The molecule has 92 valence electrons. The van der Waals surface area contributed by atoms with Crippen LogP contribution in [0.15, 0.2) is 0 Å². The molecule has 6 nitrogen and oxygen atoms in total. The van der Waals surface area contributed by atoms with Crippen LogP contribution in [-0.2, 0) is 14.3 Å². The van der Waals surface area contributed by atoms with Crippen LogP contribution in [0.25, 0.3) is 0 Å². The van der Waals surface area contributed by atoms with Crippen LogP contribution in [-0.4, -0.2) is 61.3 Å². The summed E-state index contributed by atoms with van der Waals surface area (Å²) in [7, 11) is 1.55. The van der Waals surface area contributed by atoms with Gasteiger partial charge in [-0.1, -0.05) is 0 Å². The molecule has 1 aliphatic heterocycles. The highest BCUT2D eigenvalue weighted by molar-refractivity contribution is 5.90. The lowest BCUT2D eigenvalue weighted by Crippen LogP contribution is -2.46. The first-order valence-corrected chi connectivity index (χ1v) is 5.37. The van der Waals surface area contributed by atoms with Crippen molar-refractivity contribution < 1.29 is 19.4 Å². The van der Waals surface area contributed by atoms with E-state index in [0.717, 1.165) is 0 Å². The molecular weight excluding hydrogens is 212 g/mol. The van der Waals surface area contributed by atoms with Crippen molar-refractivity contribution in [2.24, 2.45) is 0 Å². The minimum absolute atomic E-state index is 0.0872. The molecule has 1 heterocycles. The Bertz CT molecular complexity index is 257. The molecule has 2 amide bonds. The Hall–Kier alpha value is -1.14. The smallest absolute Gasteiger partial charge is 0.245 e. The number of nitrogens with zero attached hydrogens (tertiary/aromatic N) is 1. The summed E-state index contributed by atoms with van der Waals surface area (Å²) < 4.78 is 4.89. The minimum Gasteiger partial charge on any atom is -0.395 e. The number of aliphatic hydroxyl groups is 1. The molecule has 16 heavy (non-hydrogen) atoms. The van der Waals surface area contributed by atoms with Crippen LogP contribution >= 0.6 is 0 Å². The van der Waals surface area contributed by atoms with Gasteiger partial charge < -0.3 is 20.1 Å². The minimum atomic E-state index is -0.434. The third kappa shape index (κ3) is 3.46. The molecule has 0 aromatic heterocycles. The normalized spacial score (nSPS) is 19.6. The van der Waals surface area contributed by atoms with Gasteiger partial charge in [0.15, 0.2) is 0 Å². The molecule has 1 fully saturated rings. The van der Waals surface area contributed by atoms with Gasteiger partial charge in [0.1, 0.15) is 6.04 Å². The standard InChI is InChI=1S/C10H18N2O4/c1-16-7-5-12(4-6-13)10(15)8-2-3-9(14)11-8/h8,13H,2-7H2,1H3,(H,11,14). The number of rotatable bonds is 6. The zero-order chi connectivity index (χ0) is 12.0. The Kier molecular flexibility index (Phi) is 5.21. The molecular formula is C10H18N2O4. The highest BCUT2D eigenvalue weighted by atomic mass is 16.5. The number of aliphatic hydroxyl groups excluding tert-OH is 1. The van der Waals surface area contributed by atoms with Gasteiger partial charge in [-0.25, -0.2) is 0 Å². The summed E-state index contributed by atoms with van der Waals surface area (Å²) in [6, 6.07) is -0.434. The molecule has 0 aromatic carbocycles. The number of hydrogen-bond donors (Lipinski definition) is 2. The van der Waals surface area contributed by atoms with Crippen LogP contribution in [0.4, 0.5) is 0 Å². The molecule has 1 unspecified atom stereocenters. The molecule has 0 saturated carbocycles. The van der Waals surface area contributed by atoms with Crippen molar-refractivity contribution in [1.29, 1.82) is 0 Å². The van der Waals surface area contributed by atoms with Crippen molar-refractivity contribution in [3.05, 3.63) is 0 Å². The lowest BCUT2D eigenvalue weighted by Gasteiger charge is -2.24. The summed E-state index contributed by atoms with van der Waals surface area (Å²) in [5, 5.41) is 11.5. The van der Waals surface area contributed by atoms with Gasteiger partial charge in [0.05, 0.1) is 13.2 Å². The van der Waals surface area contributed by atoms with Gasteiger partial charge in [-0.15, -0.1) is 0 Å². The van der Waals surface area contributed by atoms with Crippen LogP contribution < -0.4 is 5.32 Å². The Morgan fingerprint density at radius 3 is 2.88 bits per heavy atom. The molecule has 1 rings (SSSR count). The highest BCUT2D eigenvalue weighted by Gasteiger charge is 2.30. The van der Waals surface area contributed by atoms with Crippen LogP contribution in [0, 0.1) is 0 Å². The fourth-order valence-electron chi connectivity index (χ4n) is 1.67. The van der Waals surface area contributed by atoms with E-state index in [1.165, 1.54) is 4.90 Å². The van der Waals surface area contributed by atoms with Gasteiger partial charge in [-0.05, 0) is 6.42 Å². The first-order valence-electron chi connectivity index (χ1n) is 5.37. The maximum atomic E-state index is 11.9. The van der Waals surface area contributed by atoms with Crippen molar-refractivity contribution >= 4 is 11.8 Å². The van der Waals surface area contributed by atoms with Gasteiger partial charge in [-0.3, -0.25) is 9.59 Å². The third-order valence-electron chi connectivity index (χ3n) is 2.54. The Morgan fingerprint density at radius 2 is 2.38 bits per heavy atom. The number of methoxy groups -OCH3 is 1. The summed E-state index contributed by atoms with van der Waals surface area (Å²) in [4.78, 5) is 24.4. The van der Waals surface area contributed by atoms with E-state index in [0.29, 0.717) is 26.0 Å². The van der Waals surface area contributed by atoms with E-state index in [1.54, 1.807) is 7.11 Å². The quantitative estimate of drug-likeness (QED) is 0.596. The molecule has 0 bridgehead atoms. The van der Waals surface area contributed by atoms with E-state index < -0.39 is 6.04 Å². The Labute approximate surface area is 94.6 Å². The second-order valence-corrected chi connectivity index (χ2v) is 3.70. The Balaban J connectivity index is 2.48. The number of amides is 2. The van der Waals surface area contributed by atoms with Crippen molar-refractivity contribution in [2.45, 2.75) is 18.9 Å². The average Bonchev–Trinajstić information content (AvgIpc) is 2.70. The van der Waals surface area contributed by atoms with Crippen LogP contribution in [0.1, 0.15) is 12.8 Å². The first-order chi connectivity index (χ1) is 7.69. The number of carbonyl (C=O) groups is 2. The van der Waals surface area contributed by atoms with Crippen LogP contribution in [0.3, 0.4) is 0 Å². The van der Waals surface area contributed by atoms with Crippen molar-refractivity contribution in [3.8, 4) is 0 Å². The van der Waals surface area contributed by atoms with E-state index in [4.69, 9.17) is 9.84 Å². The molecule has 6 heteroatoms. The highest BCUT2D eigenvalue weighted by Crippen LogP contribution is 2.09. The molecule has 0 aromatic rings. The van der Waals surface area contributed by atoms with Gasteiger partial charge in [0, 0.05) is 26.6 Å². The molecule has 0 spiro atoms. The van der Waals surface area contributed by atoms with Crippen LogP contribution in [0.2, 0.25) is 0 Å². The molecule has 0 aliphatic carbocycles. The largest absolute Gasteiger partial charge is 0.395 e. The summed E-state index contributed by atoms with van der Waals surface area (Å²) in [5.41, 5.74) is 0. The summed E-state index contributed by atoms with van der Waals surface area (Å²) in [5.74, 6) is -0.231. The third-order valence-corrected chi connectivity index (χ3v) is 2.54. The van der Waals surface area contributed by atoms with E-state index in [1.807, 2.05) is 0 Å². The fourth-order valence-corrected chi connectivity index (χ4v) is 1.67. The fraction of sp³-hybridized carbons (Fsp3) is 0.800. The predicted molar refractivity (Wildman–Crippen MR) is 56.7 cm³/mol. The van der Waals surface area contributed by atoms with E-state index in [-0.39, 0.29) is 25.0 Å². The molecule has 2 N–H and O–H groups in total. The summed E-state index contributed by atoms with van der Waals surface area (Å²) >= 11 is 0. The maximum Gasteiger partial charge on any atom is 0.245 e. The first kappa shape index (κ1) is 12.9. The van der Waals surface area contributed by atoms with E-state index in [9.17, 15) is 9.59 Å². The van der Waals surface area contributed by atoms with Crippen molar-refractivity contribution in [2.75, 3.05) is 33.4 Å². The second kappa shape index (κ2) is 6.44. The van der Waals surface area contributed by atoms with Gasteiger partial charge in [-0.2, -0.15) is 0 Å². The monoisotopic (exact) mass is 230 g/mol. The topological polar surface area (TPSA) is 78.9 Å². The zero-order valence-corrected chi connectivity index (χ0v) is 9.44. The van der Waals surface area contributed by atoms with Crippen molar-refractivity contribution in [3.63, 3.8) is 0 Å². The summed E-state index contributed by atoms with van der Waals surface area (Å²) in [6.07, 6.45) is 0.931. The number of nitrogens with one attached hydrogen (secondary N) is 1. The van der Waals surface area contributed by atoms with Crippen molar-refractivity contribution in [1.82, 2.24) is 10.2 Å². The van der Waals surface area contributed by atoms with Gasteiger partial charge >= 0.3 is 0 Å². The molecule has 1 aliphatic rings. The lowest BCUT2D eigenvalue weighted by atomic mass is 10.2. The zero-order valence-electron chi connectivity index (χ0n) is 9.44. The molecule has 0 radical (unpaired) electrons. The number of carbonyl (C=O) groups excluding carboxylic acids is 2. The maximum absolute atomic E-state index is 11.9. The number of hydrogen-bond acceptors (Lipinski definition) is 4. The van der Waals surface area contributed by atoms with Gasteiger partial charge in [0.25, 0.3) is 0 Å². The number of ether oxygens (including phenoxy) is 1. The average molecular weight is 230 g/mol.